The highest BCUT2D eigenvalue weighted by atomic mass is 16.5. The minimum absolute atomic E-state index is 0.0215. The number of rotatable bonds is 8. The van der Waals surface area contributed by atoms with Crippen LogP contribution in [0.2, 0.25) is 0 Å². The van der Waals surface area contributed by atoms with E-state index in [1.165, 1.54) is 16.7 Å². The molecule has 0 spiro atoms. The first-order chi connectivity index (χ1) is 13.6. The Balaban J connectivity index is 1.63. The van der Waals surface area contributed by atoms with Crippen molar-refractivity contribution in [1.82, 2.24) is 4.90 Å². The first-order valence-electron chi connectivity index (χ1n) is 9.84. The van der Waals surface area contributed by atoms with Crippen molar-refractivity contribution >= 4 is 0 Å². The number of nitrogens with zero attached hydrogens (tertiary/aromatic N) is 1. The Labute approximate surface area is 168 Å². The SMILES string of the molecule is CCOc1ccc(-c2ccc(CN(C)[C@@H](C)[C@H](O)c3ccccc3)cc2)cc1. The van der Waals surface area contributed by atoms with Gasteiger partial charge in [-0.05, 0) is 55.3 Å². The van der Waals surface area contributed by atoms with E-state index in [0.717, 1.165) is 17.9 Å². The van der Waals surface area contributed by atoms with Gasteiger partial charge in [-0.3, -0.25) is 4.90 Å². The van der Waals surface area contributed by atoms with E-state index in [2.05, 4.69) is 55.3 Å². The van der Waals surface area contributed by atoms with Crippen molar-refractivity contribution < 1.29 is 9.84 Å². The molecule has 0 fully saturated rings. The summed E-state index contributed by atoms with van der Waals surface area (Å²) in [5, 5.41) is 10.6. The Kier molecular flexibility index (Phi) is 6.85. The van der Waals surface area contributed by atoms with E-state index >= 15 is 0 Å². The number of ether oxygens (including phenoxy) is 1. The molecule has 3 aromatic carbocycles. The van der Waals surface area contributed by atoms with E-state index in [1.807, 2.05) is 49.4 Å². The molecule has 2 atom stereocenters. The maximum Gasteiger partial charge on any atom is 0.119 e. The van der Waals surface area contributed by atoms with E-state index in [9.17, 15) is 5.11 Å². The maximum atomic E-state index is 10.6. The van der Waals surface area contributed by atoms with Crippen LogP contribution in [0, 0.1) is 0 Å². The Hall–Kier alpha value is -2.62. The van der Waals surface area contributed by atoms with Crippen LogP contribution in [0.4, 0.5) is 0 Å². The van der Waals surface area contributed by atoms with Crippen molar-refractivity contribution in [2.45, 2.75) is 32.5 Å². The summed E-state index contributed by atoms with van der Waals surface area (Å²) in [5.74, 6) is 0.899. The molecule has 146 valence electrons. The zero-order valence-corrected chi connectivity index (χ0v) is 16.9. The largest absolute Gasteiger partial charge is 0.494 e. The summed E-state index contributed by atoms with van der Waals surface area (Å²) in [6, 6.07) is 26.7. The molecule has 0 amide bonds. The summed E-state index contributed by atoms with van der Waals surface area (Å²) >= 11 is 0. The second-order valence-corrected chi connectivity index (χ2v) is 7.17. The normalized spacial score (nSPS) is 13.3. The lowest BCUT2D eigenvalue weighted by Gasteiger charge is -2.29. The molecule has 28 heavy (non-hydrogen) atoms. The first-order valence-corrected chi connectivity index (χ1v) is 9.84. The van der Waals surface area contributed by atoms with Gasteiger partial charge < -0.3 is 9.84 Å². The standard InChI is InChI=1S/C25H29NO2/c1-4-28-24-16-14-22(15-17-24)21-12-10-20(11-13-21)18-26(3)19(2)25(27)23-8-6-5-7-9-23/h5-17,19,25,27H,4,18H2,1-3H3/t19-,25-/m0/s1. The number of hydrogen-bond acceptors (Lipinski definition) is 3. The fraction of sp³-hybridized carbons (Fsp3) is 0.280. The average Bonchev–Trinajstić information content (AvgIpc) is 2.74. The zero-order valence-electron chi connectivity index (χ0n) is 16.9. The van der Waals surface area contributed by atoms with Gasteiger partial charge in [0.25, 0.3) is 0 Å². The lowest BCUT2D eigenvalue weighted by Crippen LogP contribution is -2.33. The van der Waals surface area contributed by atoms with Gasteiger partial charge in [0, 0.05) is 12.6 Å². The van der Waals surface area contributed by atoms with Crippen LogP contribution in [0.5, 0.6) is 5.75 Å². The molecule has 3 rings (SSSR count). The van der Waals surface area contributed by atoms with Crippen LogP contribution in [0.3, 0.4) is 0 Å². The van der Waals surface area contributed by atoms with Gasteiger partial charge in [-0.15, -0.1) is 0 Å². The van der Waals surface area contributed by atoms with Crippen molar-refractivity contribution in [3.63, 3.8) is 0 Å². The summed E-state index contributed by atoms with van der Waals surface area (Å²) in [4.78, 5) is 2.18. The van der Waals surface area contributed by atoms with E-state index in [-0.39, 0.29) is 6.04 Å². The predicted octanol–water partition coefficient (Wildman–Crippen LogP) is 5.31. The minimum Gasteiger partial charge on any atom is -0.494 e. The lowest BCUT2D eigenvalue weighted by molar-refractivity contribution is 0.0688. The monoisotopic (exact) mass is 375 g/mol. The molecule has 3 heteroatoms. The molecule has 1 N–H and O–H groups in total. The van der Waals surface area contributed by atoms with Crippen molar-refractivity contribution in [2.75, 3.05) is 13.7 Å². The number of benzene rings is 3. The molecular weight excluding hydrogens is 346 g/mol. The van der Waals surface area contributed by atoms with E-state index < -0.39 is 6.10 Å². The smallest absolute Gasteiger partial charge is 0.119 e. The number of aliphatic hydroxyl groups is 1. The second-order valence-electron chi connectivity index (χ2n) is 7.17. The molecule has 0 aromatic heterocycles. The van der Waals surface area contributed by atoms with Crippen LogP contribution < -0.4 is 4.74 Å². The molecule has 0 unspecified atom stereocenters. The van der Waals surface area contributed by atoms with E-state index in [1.54, 1.807) is 0 Å². The summed E-state index contributed by atoms with van der Waals surface area (Å²) in [6.07, 6.45) is -0.505. The third-order valence-corrected chi connectivity index (χ3v) is 5.18. The molecule has 0 aliphatic heterocycles. The van der Waals surface area contributed by atoms with Crippen LogP contribution in [-0.2, 0) is 6.54 Å². The van der Waals surface area contributed by atoms with Gasteiger partial charge in [0.05, 0.1) is 12.7 Å². The fourth-order valence-corrected chi connectivity index (χ4v) is 3.31. The number of aliphatic hydroxyl groups excluding tert-OH is 1. The molecule has 0 heterocycles. The van der Waals surface area contributed by atoms with Gasteiger partial charge in [-0.2, -0.15) is 0 Å². The quantitative estimate of drug-likeness (QED) is 0.579. The van der Waals surface area contributed by atoms with Crippen LogP contribution >= 0.6 is 0 Å². The van der Waals surface area contributed by atoms with Gasteiger partial charge in [0.2, 0.25) is 0 Å². The van der Waals surface area contributed by atoms with Gasteiger partial charge in [-0.1, -0.05) is 66.7 Å². The molecule has 0 aliphatic carbocycles. The summed E-state index contributed by atoms with van der Waals surface area (Å²) in [7, 11) is 2.05. The molecule has 0 saturated carbocycles. The average molecular weight is 376 g/mol. The van der Waals surface area contributed by atoms with Crippen molar-refractivity contribution in [3.05, 3.63) is 90.0 Å². The molecule has 0 aliphatic rings. The molecular formula is C25H29NO2. The Morgan fingerprint density at radius 3 is 2.00 bits per heavy atom. The Bertz CT molecular complexity index is 844. The molecule has 0 radical (unpaired) electrons. The van der Waals surface area contributed by atoms with Crippen LogP contribution in [0.15, 0.2) is 78.9 Å². The fourth-order valence-electron chi connectivity index (χ4n) is 3.31. The van der Waals surface area contributed by atoms with E-state index in [4.69, 9.17) is 4.74 Å². The van der Waals surface area contributed by atoms with Crippen LogP contribution in [0.25, 0.3) is 11.1 Å². The Morgan fingerprint density at radius 1 is 0.857 bits per heavy atom. The van der Waals surface area contributed by atoms with Crippen molar-refractivity contribution in [2.24, 2.45) is 0 Å². The predicted molar refractivity (Wildman–Crippen MR) is 115 cm³/mol. The number of hydrogen-bond donors (Lipinski definition) is 1. The summed E-state index contributed by atoms with van der Waals surface area (Å²) < 4.78 is 5.51. The maximum absolute atomic E-state index is 10.6. The summed E-state index contributed by atoms with van der Waals surface area (Å²) in [5.41, 5.74) is 4.54. The molecule has 0 bridgehead atoms. The highest BCUT2D eigenvalue weighted by molar-refractivity contribution is 5.64. The zero-order chi connectivity index (χ0) is 19.9. The second kappa shape index (κ2) is 9.54. The minimum atomic E-state index is -0.505. The number of likely N-dealkylation sites (N-methyl/N-ethyl adjacent to an activating group) is 1. The third-order valence-electron chi connectivity index (χ3n) is 5.18. The molecule has 0 saturated heterocycles. The Morgan fingerprint density at radius 2 is 1.43 bits per heavy atom. The van der Waals surface area contributed by atoms with Gasteiger partial charge >= 0.3 is 0 Å². The first kappa shape index (κ1) is 20.1. The van der Waals surface area contributed by atoms with Gasteiger partial charge in [0.15, 0.2) is 0 Å². The van der Waals surface area contributed by atoms with Gasteiger partial charge in [0.1, 0.15) is 5.75 Å². The molecule has 3 nitrogen and oxygen atoms in total. The topological polar surface area (TPSA) is 32.7 Å². The van der Waals surface area contributed by atoms with Crippen molar-refractivity contribution in [3.8, 4) is 16.9 Å². The highest BCUT2D eigenvalue weighted by Crippen LogP contribution is 2.24. The van der Waals surface area contributed by atoms with Crippen LogP contribution in [-0.4, -0.2) is 29.7 Å². The summed E-state index contributed by atoms with van der Waals surface area (Å²) in [6.45, 7) is 5.52. The lowest BCUT2D eigenvalue weighted by atomic mass is 10.0. The molecule has 3 aromatic rings. The third kappa shape index (κ3) is 5.00. The van der Waals surface area contributed by atoms with Gasteiger partial charge in [-0.25, -0.2) is 0 Å². The van der Waals surface area contributed by atoms with E-state index in [0.29, 0.717) is 6.61 Å². The highest BCUT2D eigenvalue weighted by Gasteiger charge is 2.20. The van der Waals surface area contributed by atoms with Crippen molar-refractivity contribution in [1.29, 1.82) is 0 Å². The van der Waals surface area contributed by atoms with Crippen LogP contribution in [0.1, 0.15) is 31.1 Å².